The average molecular weight is 272 g/mol. The zero-order chi connectivity index (χ0) is 14.2. The molecule has 1 aromatic heterocycles. The van der Waals surface area contributed by atoms with Crippen molar-refractivity contribution in [2.75, 3.05) is 0 Å². The van der Waals surface area contributed by atoms with Crippen molar-refractivity contribution in [2.24, 2.45) is 0 Å². The minimum atomic E-state index is 0.924. The second kappa shape index (κ2) is 4.78. The molecule has 1 aliphatic rings. The van der Waals surface area contributed by atoms with Gasteiger partial charge in [0.1, 0.15) is 11.5 Å². The smallest absolute Gasteiger partial charge is 0.127 e. The fraction of sp³-hybridized carbons (Fsp3) is 0.100. The van der Waals surface area contributed by atoms with E-state index >= 15 is 0 Å². The lowest BCUT2D eigenvalue weighted by Crippen LogP contribution is -1.80. The van der Waals surface area contributed by atoms with E-state index in [1.807, 2.05) is 0 Å². The molecule has 0 N–H and O–H groups in total. The van der Waals surface area contributed by atoms with Crippen LogP contribution in [0.3, 0.4) is 0 Å². The van der Waals surface area contributed by atoms with Gasteiger partial charge in [-0.15, -0.1) is 0 Å². The fourth-order valence-corrected chi connectivity index (χ4v) is 3.01. The first kappa shape index (κ1) is 12.2. The van der Waals surface area contributed by atoms with Crippen LogP contribution in [0.1, 0.15) is 29.6 Å². The van der Waals surface area contributed by atoms with Crippen LogP contribution in [0.2, 0.25) is 0 Å². The summed E-state index contributed by atoms with van der Waals surface area (Å²) in [7, 11) is 0. The maximum atomic E-state index is 5.85. The average Bonchev–Trinajstić information content (AvgIpc) is 3.12. The molecule has 0 fully saturated rings. The molecule has 0 atom stereocenters. The maximum absolute atomic E-state index is 5.85. The molecular formula is C20H16O. The van der Waals surface area contributed by atoms with Gasteiger partial charge in [0.05, 0.1) is 0 Å². The lowest BCUT2D eigenvalue weighted by atomic mass is 10.0. The molecule has 0 unspecified atom stereocenters. The normalized spacial score (nSPS) is 12.1. The number of rotatable bonds is 2. The highest BCUT2D eigenvalue weighted by Gasteiger charge is 2.22. The summed E-state index contributed by atoms with van der Waals surface area (Å²) in [6.45, 7) is 2.11. The van der Waals surface area contributed by atoms with Gasteiger partial charge in [-0.05, 0) is 46.0 Å². The van der Waals surface area contributed by atoms with E-state index in [9.17, 15) is 0 Å². The van der Waals surface area contributed by atoms with Crippen molar-refractivity contribution >= 4 is 11.6 Å². The molecule has 0 saturated carbocycles. The monoisotopic (exact) mass is 272 g/mol. The Morgan fingerprint density at radius 3 is 1.86 bits per heavy atom. The van der Waals surface area contributed by atoms with Crippen molar-refractivity contribution in [3.63, 3.8) is 0 Å². The van der Waals surface area contributed by atoms with Gasteiger partial charge in [0.15, 0.2) is 0 Å². The second-order valence-corrected chi connectivity index (χ2v) is 5.31. The van der Waals surface area contributed by atoms with Crippen LogP contribution < -0.4 is 0 Å². The molecule has 0 saturated heterocycles. The Hall–Kier alpha value is -2.54. The Balaban J connectivity index is 1.92. The quantitative estimate of drug-likeness (QED) is 0.475. The summed E-state index contributed by atoms with van der Waals surface area (Å²) in [5, 5.41) is 0. The van der Waals surface area contributed by atoms with Crippen LogP contribution in [0.15, 0.2) is 65.1 Å². The predicted octanol–water partition coefficient (Wildman–Crippen LogP) is 5.41. The summed E-state index contributed by atoms with van der Waals surface area (Å²) in [5.41, 5.74) is 6.43. The molecule has 21 heavy (non-hydrogen) atoms. The fourth-order valence-electron chi connectivity index (χ4n) is 3.01. The molecule has 102 valence electrons. The minimum absolute atomic E-state index is 0.924. The predicted molar refractivity (Wildman–Crippen MR) is 86.9 cm³/mol. The van der Waals surface area contributed by atoms with Crippen LogP contribution in [0.25, 0.3) is 22.8 Å². The molecule has 2 aromatic carbocycles. The highest BCUT2D eigenvalue weighted by Crippen LogP contribution is 2.44. The van der Waals surface area contributed by atoms with Gasteiger partial charge in [0.2, 0.25) is 0 Å². The van der Waals surface area contributed by atoms with E-state index in [0.29, 0.717) is 0 Å². The highest BCUT2D eigenvalue weighted by molar-refractivity contribution is 6.06. The lowest BCUT2D eigenvalue weighted by molar-refractivity contribution is 0.508. The Bertz CT molecular complexity index is 789. The molecule has 0 radical (unpaired) electrons. The third-order valence-corrected chi connectivity index (χ3v) is 4.04. The standard InChI is InChI=1S/C20H16O/c1-2-14-11-12-15(21-14)13-20-18-9-5-3-7-16(18)17-8-4-6-10-19(17)20/h3-13H,2H2,1H3. The number of hydrogen-bond acceptors (Lipinski definition) is 1. The number of hydrogen-bond donors (Lipinski definition) is 0. The molecular weight excluding hydrogens is 256 g/mol. The van der Waals surface area contributed by atoms with Gasteiger partial charge in [-0.25, -0.2) is 0 Å². The maximum Gasteiger partial charge on any atom is 0.127 e. The number of benzene rings is 2. The van der Waals surface area contributed by atoms with E-state index in [0.717, 1.165) is 17.9 Å². The molecule has 3 aromatic rings. The van der Waals surface area contributed by atoms with Crippen molar-refractivity contribution in [2.45, 2.75) is 13.3 Å². The Morgan fingerprint density at radius 2 is 1.33 bits per heavy atom. The molecule has 4 rings (SSSR count). The zero-order valence-electron chi connectivity index (χ0n) is 12.0. The van der Waals surface area contributed by atoms with Gasteiger partial charge in [0, 0.05) is 6.42 Å². The van der Waals surface area contributed by atoms with Gasteiger partial charge >= 0.3 is 0 Å². The van der Waals surface area contributed by atoms with Crippen molar-refractivity contribution in [3.8, 4) is 11.1 Å². The Labute approximate surface area is 124 Å². The van der Waals surface area contributed by atoms with Crippen LogP contribution in [-0.4, -0.2) is 0 Å². The van der Waals surface area contributed by atoms with E-state index in [2.05, 4.69) is 73.7 Å². The van der Waals surface area contributed by atoms with Crippen molar-refractivity contribution in [1.29, 1.82) is 0 Å². The number of aryl methyl sites for hydroxylation is 1. The topological polar surface area (TPSA) is 13.1 Å². The molecule has 1 aliphatic carbocycles. The summed E-state index contributed by atoms with van der Waals surface area (Å²) in [6, 6.07) is 21.2. The number of furan rings is 1. The molecule has 1 nitrogen and oxygen atoms in total. The number of fused-ring (bicyclic) bond motifs is 3. The van der Waals surface area contributed by atoms with Crippen molar-refractivity contribution in [1.82, 2.24) is 0 Å². The van der Waals surface area contributed by atoms with Crippen molar-refractivity contribution in [3.05, 3.63) is 83.3 Å². The third kappa shape index (κ3) is 1.93. The van der Waals surface area contributed by atoms with Gasteiger partial charge in [-0.1, -0.05) is 55.5 Å². The third-order valence-electron chi connectivity index (χ3n) is 4.04. The molecule has 0 amide bonds. The zero-order valence-corrected chi connectivity index (χ0v) is 12.0. The van der Waals surface area contributed by atoms with Crippen molar-refractivity contribution < 1.29 is 4.42 Å². The molecule has 1 heteroatoms. The largest absolute Gasteiger partial charge is 0.462 e. The van der Waals surface area contributed by atoms with E-state index in [1.54, 1.807) is 0 Å². The van der Waals surface area contributed by atoms with Crippen LogP contribution in [0.4, 0.5) is 0 Å². The summed E-state index contributed by atoms with van der Waals surface area (Å²) in [5.74, 6) is 1.95. The lowest BCUT2D eigenvalue weighted by Gasteiger charge is -2.01. The molecule has 1 heterocycles. The minimum Gasteiger partial charge on any atom is -0.462 e. The SMILES string of the molecule is CCc1ccc(C=C2c3ccccc3-c3ccccc32)o1. The van der Waals surface area contributed by atoms with E-state index in [1.165, 1.54) is 27.8 Å². The first-order valence-electron chi connectivity index (χ1n) is 7.36. The van der Waals surface area contributed by atoms with Gasteiger partial charge < -0.3 is 4.42 Å². The summed E-state index contributed by atoms with van der Waals surface area (Å²) in [4.78, 5) is 0. The summed E-state index contributed by atoms with van der Waals surface area (Å²) >= 11 is 0. The molecule has 0 bridgehead atoms. The highest BCUT2D eigenvalue weighted by atomic mass is 16.3. The van der Waals surface area contributed by atoms with Crippen LogP contribution in [0.5, 0.6) is 0 Å². The van der Waals surface area contributed by atoms with Gasteiger partial charge in [-0.2, -0.15) is 0 Å². The van der Waals surface area contributed by atoms with Crippen LogP contribution >= 0.6 is 0 Å². The Kier molecular flexibility index (Phi) is 2.78. The molecule has 0 aliphatic heterocycles. The van der Waals surface area contributed by atoms with Crippen LogP contribution in [0, 0.1) is 0 Å². The van der Waals surface area contributed by atoms with Crippen LogP contribution in [-0.2, 0) is 6.42 Å². The first-order valence-corrected chi connectivity index (χ1v) is 7.36. The van der Waals surface area contributed by atoms with Gasteiger partial charge in [-0.3, -0.25) is 0 Å². The second-order valence-electron chi connectivity index (χ2n) is 5.31. The van der Waals surface area contributed by atoms with E-state index in [-0.39, 0.29) is 0 Å². The molecule has 0 spiro atoms. The summed E-state index contributed by atoms with van der Waals surface area (Å²) < 4.78 is 5.85. The Morgan fingerprint density at radius 1 is 0.762 bits per heavy atom. The van der Waals surface area contributed by atoms with E-state index < -0.39 is 0 Å². The summed E-state index contributed by atoms with van der Waals surface area (Å²) in [6.07, 6.45) is 3.08. The first-order chi connectivity index (χ1) is 10.4. The van der Waals surface area contributed by atoms with E-state index in [4.69, 9.17) is 4.42 Å². The van der Waals surface area contributed by atoms with Gasteiger partial charge in [0.25, 0.3) is 0 Å².